The van der Waals surface area contributed by atoms with Crippen LogP contribution in [0.5, 0.6) is 11.5 Å². The highest BCUT2D eigenvalue weighted by atomic mass is 16.5. The zero-order valence-corrected chi connectivity index (χ0v) is 13.4. The smallest absolute Gasteiger partial charge is 0.173 e. The molecule has 0 spiro atoms. The number of hydrogen-bond donors (Lipinski definition) is 2. The number of methoxy groups -OCH3 is 2. The van der Waals surface area contributed by atoms with Crippen molar-refractivity contribution in [2.75, 3.05) is 20.0 Å². The quantitative estimate of drug-likeness (QED) is 0.691. The van der Waals surface area contributed by atoms with E-state index in [-0.39, 0.29) is 5.82 Å². The number of H-pyrrole nitrogens is 1. The highest BCUT2D eigenvalue weighted by Crippen LogP contribution is 2.36. The van der Waals surface area contributed by atoms with Crippen LogP contribution >= 0.6 is 0 Å². The average Bonchev–Trinajstić information content (AvgIpc) is 3.01. The number of nitrogens with two attached hydrogens (primary N) is 1. The molecule has 0 radical (unpaired) electrons. The number of benzene rings is 2. The summed E-state index contributed by atoms with van der Waals surface area (Å²) in [5.41, 5.74) is 8.58. The van der Waals surface area contributed by atoms with Crippen molar-refractivity contribution < 1.29 is 9.47 Å². The summed E-state index contributed by atoms with van der Waals surface area (Å²) in [4.78, 5) is 0. The predicted octanol–water partition coefficient (Wildman–Crippen LogP) is 4.09. The van der Waals surface area contributed by atoms with Gasteiger partial charge in [0.25, 0.3) is 0 Å². The number of rotatable bonds is 5. The highest BCUT2D eigenvalue weighted by Gasteiger charge is 2.13. The Kier molecular flexibility index (Phi) is 4.42. The molecule has 7 nitrogen and oxygen atoms in total. The lowest BCUT2D eigenvalue weighted by Crippen LogP contribution is -1.84. The van der Waals surface area contributed by atoms with Crippen molar-refractivity contribution in [3.8, 4) is 22.8 Å². The number of nitrogen functional groups attached to an aromatic ring is 1. The molecule has 0 fully saturated rings. The topological polar surface area (TPSA) is 97.9 Å². The van der Waals surface area contributed by atoms with E-state index in [1.165, 1.54) is 0 Å². The van der Waals surface area contributed by atoms with Crippen LogP contribution in [0, 0.1) is 0 Å². The van der Waals surface area contributed by atoms with Crippen LogP contribution in [0.3, 0.4) is 0 Å². The first-order valence-corrected chi connectivity index (χ1v) is 7.26. The molecule has 0 atom stereocenters. The van der Waals surface area contributed by atoms with Gasteiger partial charge in [0, 0.05) is 5.56 Å². The summed E-state index contributed by atoms with van der Waals surface area (Å²) in [6, 6.07) is 14.9. The van der Waals surface area contributed by atoms with Gasteiger partial charge in [-0.1, -0.05) is 12.1 Å². The van der Waals surface area contributed by atoms with Crippen molar-refractivity contribution >= 4 is 17.2 Å². The van der Waals surface area contributed by atoms with Crippen molar-refractivity contribution in [2.24, 2.45) is 10.2 Å². The molecule has 122 valence electrons. The lowest BCUT2D eigenvalue weighted by molar-refractivity contribution is 0.415. The predicted molar refractivity (Wildman–Crippen MR) is 92.2 cm³/mol. The van der Waals surface area contributed by atoms with Gasteiger partial charge in [-0.2, -0.15) is 5.10 Å². The van der Waals surface area contributed by atoms with Crippen LogP contribution in [0.4, 0.5) is 17.2 Å². The van der Waals surface area contributed by atoms with Gasteiger partial charge in [-0.25, -0.2) is 0 Å². The van der Waals surface area contributed by atoms with Crippen LogP contribution in [0.25, 0.3) is 11.3 Å². The Labute approximate surface area is 139 Å². The van der Waals surface area contributed by atoms with Gasteiger partial charge in [0.1, 0.15) is 17.2 Å². The molecule has 0 aliphatic carbocycles. The molecule has 0 saturated carbocycles. The maximum atomic E-state index is 5.92. The van der Waals surface area contributed by atoms with E-state index in [4.69, 9.17) is 15.2 Å². The molecule has 0 aliphatic rings. The SMILES string of the molecule is COc1ccc(-c2[nH]nc(N)c2N=Nc2ccccc2OC)cc1. The minimum absolute atomic E-state index is 0.277. The van der Waals surface area contributed by atoms with Crippen LogP contribution < -0.4 is 15.2 Å². The fourth-order valence-corrected chi connectivity index (χ4v) is 2.23. The molecule has 0 unspecified atom stereocenters. The van der Waals surface area contributed by atoms with E-state index in [1.54, 1.807) is 14.2 Å². The summed E-state index contributed by atoms with van der Waals surface area (Å²) in [6.07, 6.45) is 0. The number of ether oxygens (including phenoxy) is 2. The third kappa shape index (κ3) is 3.05. The van der Waals surface area contributed by atoms with Gasteiger partial charge in [0.05, 0.1) is 19.9 Å². The van der Waals surface area contributed by atoms with Gasteiger partial charge in [-0.3, -0.25) is 5.10 Å². The summed E-state index contributed by atoms with van der Waals surface area (Å²) in [7, 11) is 3.21. The lowest BCUT2D eigenvalue weighted by atomic mass is 10.1. The zero-order valence-electron chi connectivity index (χ0n) is 13.4. The highest BCUT2D eigenvalue weighted by molar-refractivity contribution is 5.79. The van der Waals surface area contributed by atoms with Gasteiger partial charge in [0.15, 0.2) is 11.5 Å². The van der Waals surface area contributed by atoms with Crippen molar-refractivity contribution in [1.29, 1.82) is 0 Å². The molecule has 1 aromatic heterocycles. The second-order valence-corrected chi connectivity index (χ2v) is 4.93. The Bertz CT molecular complexity index is 856. The van der Waals surface area contributed by atoms with Crippen molar-refractivity contribution in [2.45, 2.75) is 0 Å². The largest absolute Gasteiger partial charge is 0.497 e. The molecule has 2 aromatic carbocycles. The fourth-order valence-electron chi connectivity index (χ4n) is 2.23. The zero-order chi connectivity index (χ0) is 16.9. The number of nitrogens with one attached hydrogen (secondary N) is 1. The monoisotopic (exact) mass is 323 g/mol. The Morgan fingerprint density at radius 1 is 0.958 bits per heavy atom. The van der Waals surface area contributed by atoms with Crippen LogP contribution in [0.15, 0.2) is 58.8 Å². The number of azo groups is 1. The molecular weight excluding hydrogens is 306 g/mol. The molecule has 3 N–H and O–H groups in total. The van der Waals surface area contributed by atoms with Gasteiger partial charge < -0.3 is 15.2 Å². The fraction of sp³-hybridized carbons (Fsp3) is 0.118. The Hall–Kier alpha value is -3.35. The van der Waals surface area contributed by atoms with Crippen LogP contribution in [-0.4, -0.2) is 24.4 Å². The first-order valence-electron chi connectivity index (χ1n) is 7.26. The van der Waals surface area contributed by atoms with E-state index in [0.29, 0.717) is 22.8 Å². The van der Waals surface area contributed by atoms with E-state index in [0.717, 1.165) is 11.3 Å². The summed E-state index contributed by atoms with van der Waals surface area (Å²) in [6.45, 7) is 0. The van der Waals surface area contributed by atoms with E-state index in [2.05, 4.69) is 20.4 Å². The first kappa shape index (κ1) is 15.5. The number of nitrogens with zero attached hydrogens (tertiary/aromatic N) is 3. The number of para-hydroxylation sites is 1. The second kappa shape index (κ2) is 6.82. The number of anilines is 1. The Morgan fingerprint density at radius 3 is 2.42 bits per heavy atom. The second-order valence-electron chi connectivity index (χ2n) is 4.93. The van der Waals surface area contributed by atoms with Crippen LogP contribution in [-0.2, 0) is 0 Å². The normalized spacial score (nSPS) is 10.9. The standard InChI is InChI=1S/C17H17N5O2/c1-23-12-9-7-11(8-10-12)15-16(17(18)22-20-15)21-19-13-5-3-4-6-14(13)24-2/h3-10H,1-2H3,(H3,18,20,22). The molecule has 0 bridgehead atoms. The van der Waals surface area contributed by atoms with E-state index >= 15 is 0 Å². The van der Waals surface area contributed by atoms with Crippen molar-refractivity contribution in [3.63, 3.8) is 0 Å². The van der Waals surface area contributed by atoms with Gasteiger partial charge in [-0.05, 0) is 36.4 Å². The molecule has 0 aliphatic heterocycles. The molecule has 1 heterocycles. The first-order chi connectivity index (χ1) is 11.7. The maximum absolute atomic E-state index is 5.92. The van der Waals surface area contributed by atoms with Crippen molar-refractivity contribution in [3.05, 3.63) is 48.5 Å². The molecule has 3 aromatic rings. The van der Waals surface area contributed by atoms with Crippen LogP contribution in [0.1, 0.15) is 0 Å². The third-order valence-electron chi connectivity index (χ3n) is 3.49. The van der Waals surface area contributed by atoms with E-state index in [1.807, 2.05) is 48.5 Å². The minimum atomic E-state index is 0.277. The van der Waals surface area contributed by atoms with E-state index < -0.39 is 0 Å². The summed E-state index contributed by atoms with van der Waals surface area (Å²) in [5.74, 6) is 1.68. The van der Waals surface area contributed by atoms with Crippen LogP contribution in [0.2, 0.25) is 0 Å². The molecule has 0 saturated heterocycles. The number of hydrogen-bond acceptors (Lipinski definition) is 6. The summed E-state index contributed by atoms with van der Waals surface area (Å²) in [5, 5.41) is 15.4. The van der Waals surface area contributed by atoms with Gasteiger partial charge in [-0.15, -0.1) is 10.2 Å². The molecule has 24 heavy (non-hydrogen) atoms. The third-order valence-corrected chi connectivity index (χ3v) is 3.49. The summed E-state index contributed by atoms with van der Waals surface area (Å²) < 4.78 is 10.4. The molecule has 7 heteroatoms. The number of aromatic amines is 1. The lowest BCUT2D eigenvalue weighted by Gasteiger charge is -2.03. The summed E-state index contributed by atoms with van der Waals surface area (Å²) >= 11 is 0. The Morgan fingerprint density at radius 2 is 1.71 bits per heavy atom. The maximum Gasteiger partial charge on any atom is 0.173 e. The van der Waals surface area contributed by atoms with Crippen molar-refractivity contribution in [1.82, 2.24) is 10.2 Å². The molecule has 0 amide bonds. The van der Waals surface area contributed by atoms with Gasteiger partial charge >= 0.3 is 0 Å². The van der Waals surface area contributed by atoms with E-state index in [9.17, 15) is 0 Å². The molecule has 3 rings (SSSR count). The average molecular weight is 323 g/mol. The molecular formula is C17H17N5O2. The van der Waals surface area contributed by atoms with Gasteiger partial charge in [0.2, 0.25) is 0 Å². The minimum Gasteiger partial charge on any atom is -0.497 e. The Balaban J connectivity index is 1.96. The number of aromatic nitrogens is 2.